The molecule has 25 heavy (non-hydrogen) atoms. The second-order valence-corrected chi connectivity index (χ2v) is 9.39. The standard InChI is InChI=1S/C18H24N2O4S/c1-13(21)20-11-15-10-19(17(22)8-9-25(2,23)24)12-16(15)18(20)14-6-4-3-5-7-14/h3-7,15-16,18H,8-12H2,1-2H3/t15-,16-,18-/m1/s1. The Kier molecular flexibility index (Phi) is 4.86. The highest BCUT2D eigenvalue weighted by Crippen LogP contribution is 2.44. The third-order valence-corrected chi connectivity index (χ3v) is 6.19. The minimum atomic E-state index is -3.14. The van der Waals surface area contributed by atoms with Crippen LogP contribution in [0.2, 0.25) is 0 Å². The highest BCUT2D eigenvalue weighted by atomic mass is 32.2. The van der Waals surface area contributed by atoms with Gasteiger partial charge in [-0.2, -0.15) is 0 Å². The number of carbonyl (C=O) groups is 2. The quantitative estimate of drug-likeness (QED) is 0.802. The van der Waals surface area contributed by atoms with Gasteiger partial charge in [0.05, 0.1) is 11.8 Å². The van der Waals surface area contributed by atoms with Crippen molar-refractivity contribution >= 4 is 21.7 Å². The third-order valence-electron chi connectivity index (χ3n) is 5.25. The van der Waals surface area contributed by atoms with Gasteiger partial charge in [-0.05, 0) is 5.56 Å². The van der Waals surface area contributed by atoms with Crippen molar-refractivity contribution in [3.8, 4) is 0 Å². The number of rotatable bonds is 4. The molecule has 2 fully saturated rings. The monoisotopic (exact) mass is 364 g/mol. The largest absolute Gasteiger partial charge is 0.342 e. The van der Waals surface area contributed by atoms with Crippen LogP contribution >= 0.6 is 0 Å². The number of hydrogen-bond acceptors (Lipinski definition) is 4. The zero-order chi connectivity index (χ0) is 18.2. The molecular formula is C18H24N2O4S. The van der Waals surface area contributed by atoms with Crippen molar-refractivity contribution in [2.75, 3.05) is 31.6 Å². The molecule has 2 amide bonds. The lowest BCUT2D eigenvalue weighted by Crippen LogP contribution is -2.36. The van der Waals surface area contributed by atoms with Crippen molar-refractivity contribution in [3.05, 3.63) is 35.9 Å². The van der Waals surface area contributed by atoms with E-state index in [1.54, 1.807) is 11.8 Å². The molecule has 2 aliphatic rings. The van der Waals surface area contributed by atoms with Gasteiger partial charge in [0.1, 0.15) is 9.84 Å². The summed E-state index contributed by atoms with van der Waals surface area (Å²) in [6.07, 6.45) is 1.18. The molecule has 0 unspecified atom stereocenters. The summed E-state index contributed by atoms with van der Waals surface area (Å²) < 4.78 is 22.6. The summed E-state index contributed by atoms with van der Waals surface area (Å²) in [5.74, 6) is 0.281. The highest BCUT2D eigenvalue weighted by Gasteiger charge is 2.49. The van der Waals surface area contributed by atoms with Gasteiger partial charge >= 0.3 is 0 Å². The number of fused-ring (bicyclic) bond motifs is 1. The lowest BCUT2D eigenvalue weighted by molar-refractivity contribution is -0.131. The van der Waals surface area contributed by atoms with Crippen molar-refractivity contribution in [3.63, 3.8) is 0 Å². The molecular weight excluding hydrogens is 340 g/mol. The summed E-state index contributed by atoms with van der Waals surface area (Å²) in [5.41, 5.74) is 1.09. The molecule has 0 radical (unpaired) electrons. The summed E-state index contributed by atoms with van der Waals surface area (Å²) in [5, 5.41) is 0. The number of likely N-dealkylation sites (tertiary alicyclic amines) is 2. The number of nitrogens with zero attached hydrogens (tertiary/aromatic N) is 2. The van der Waals surface area contributed by atoms with E-state index in [0.717, 1.165) is 11.8 Å². The Morgan fingerprint density at radius 1 is 1.12 bits per heavy atom. The van der Waals surface area contributed by atoms with Crippen LogP contribution in [0.25, 0.3) is 0 Å². The van der Waals surface area contributed by atoms with Crippen molar-refractivity contribution in [2.45, 2.75) is 19.4 Å². The van der Waals surface area contributed by atoms with Gasteiger partial charge in [-0.15, -0.1) is 0 Å². The minimum Gasteiger partial charge on any atom is -0.342 e. The molecule has 0 aliphatic carbocycles. The molecule has 0 aromatic heterocycles. The number of sulfone groups is 1. The van der Waals surface area contributed by atoms with Crippen LogP contribution in [0.15, 0.2) is 30.3 Å². The van der Waals surface area contributed by atoms with E-state index in [2.05, 4.69) is 0 Å². The molecule has 2 saturated heterocycles. The molecule has 7 heteroatoms. The molecule has 6 nitrogen and oxygen atoms in total. The average molecular weight is 364 g/mol. The maximum Gasteiger partial charge on any atom is 0.223 e. The van der Waals surface area contributed by atoms with Crippen LogP contribution in [0.1, 0.15) is 24.9 Å². The van der Waals surface area contributed by atoms with E-state index in [4.69, 9.17) is 0 Å². The van der Waals surface area contributed by atoms with Crippen molar-refractivity contribution in [1.82, 2.24) is 9.80 Å². The third kappa shape index (κ3) is 3.86. The van der Waals surface area contributed by atoms with E-state index in [-0.39, 0.29) is 41.9 Å². The van der Waals surface area contributed by atoms with Crippen LogP contribution in [-0.4, -0.2) is 61.7 Å². The lowest BCUT2D eigenvalue weighted by Gasteiger charge is -2.29. The molecule has 3 atom stereocenters. The van der Waals surface area contributed by atoms with Crippen molar-refractivity contribution in [2.24, 2.45) is 11.8 Å². The molecule has 1 aromatic carbocycles. The van der Waals surface area contributed by atoms with Gasteiger partial charge in [-0.1, -0.05) is 30.3 Å². The lowest BCUT2D eigenvalue weighted by atomic mass is 9.89. The van der Waals surface area contributed by atoms with Crippen LogP contribution in [0.3, 0.4) is 0 Å². The Morgan fingerprint density at radius 2 is 1.80 bits per heavy atom. The Hall–Kier alpha value is -1.89. The highest BCUT2D eigenvalue weighted by molar-refractivity contribution is 7.90. The smallest absolute Gasteiger partial charge is 0.223 e. The van der Waals surface area contributed by atoms with Crippen LogP contribution in [0.4, 0.5) is 0 Å². The molecule has 0 bridgehead atoms. The first kappa shape index (κ1) is 17.9. The average Bonchev–Trinajstić information content (AvgIpc) is 3.10. The zero-order valence-corrected chi connectivity index (χ0v) is 15.4. The Bertz CT molecular complexity index is 763. The summed E-state index contributed by atoms with van der Waals surface area (Å²) in [6.45, 7) is 3.42. The van der Waals surface area contributed by atoms with E-state index in [0.29, 0.717) is 19.6 Å². The number of carbonyl (C=O) groups excluding carboxylic acids is 2. The second kappa shape index (κ2) is 6.78. The first-order valence-corrected chi connectivity index (χ1v) is 10.6. The topological polar surface area (TPSA) is 74.8 Å². The molecule has 0 spiro atoms. The van der Waals surface area contributed by atoms with Gasteiger partial charge in [-0.25, -0.2) is 8.42 Å². The van der Waals surface area contributed by atoms with Crippen molar-refractivity contribution in [1.29, 1.82) is 0 Å². The number of amides is 2. The fraction of sp³-hybridized carbons (Fsp3) is 0.556. The Balaban J connectivity index is 1.75. The van der Waals surface area contributed by atoms with E-state index >= 15 is 0 Å². The fourth-order valence-electron chi connectivity index (χ4n) is 4.08. The van der Waals surface area contributed by atoms with Gasteiger partial charge in [0.15, 0.2) is 0 Å². The molecule has 0 N–H and O–H groups in total. The van der Waals surface area contributed by atoms with Crippen LogP contribution in [0, 0.1) is 11.8 Å². The molecule has 136 valence electrons. The maximum atomic E-state index is 12.4. The molecule has 2 aliphatic heterocycles. The van der Waals surface area contributed by atoms with Gasteiger partial charge in [0, 0.05) is 51.1 Å². The molecule has 2 heterocycles. The van der Waals surface area contributed by atoms with Gasteiger partial charge in [0.2, 0.25) is 11.8 Å². The first-order chi connectivity index (χ1) is 11.8. The SMILES string of the molecule is CC(=O)N1C[C@H]2CN(C(=O)CCS(C)(=O)=O)C[C@H]2[C@H]1c1ccccc1. The molecule has 1 aromatic rings. The van der Waals surface area contributed by atoms with Crippen LogP contribution < -0.4 is 0 Å². The summed E-state index contributed by atoms with van der Waals surface area (Å²) >= 11 is 0. The summed E-state index contributed by atoms with van der Waals surface area (Å²) in [4.78, 5) is 28.1. The second-order valence-electron chi connectivity index (χ2n) is 7.13. The van der Waals surface area contributed by atoms with E-state index in [9.17, 15) is 18.0 Å². The maximum absolute atomic E-state index is 12.4. The fourth-order valence-corrected chi connectivity index (χ4v) is 4.63. The molecule has 3 rings (SSSR count). The predicted molar refractivity (Wildman–Crippen MR) is 94.5 cm³/mol. The van der Waals surface area contributed by atoms with E-state index in [1.165, 1.54) is 0 Å². The first-order valence-electron chi connectivity index (χ1n) is 8.54. The predicted octanol–water partition coefficient (Wildman–Crippen LogP) is 1.10. The van der Waals surface area contributed by atoms with E-state index < -0.39 is 9.84 Å². The minimum absolute atomic E-state index is 0.0172. The summed E-state index contributed by atoms with van der Waals surface area (Å²) in [6, 6.07) is 9.91. The van der Waals surface area contributed by atoms with Crippen LogP contribution in [-0.2, 0) is 19.4 Å². The normalized spacial score (nSPS) is 25.9. The zero-order valence-electron chi connectivity index (χ0n) is 14.6. The van der Waals surface area contributed by atoms with Crippen molar-refractivity contribution < 1.29 is 18.0 Å². The van der Waals surface area contributed by atoms with E-state index in [1.807, 2.05) is 35.2 Å². The Labute approximate surface area is 148 Å². The van der Waals surface area contributed by atoms with Crippen LogP contribution in [0.5, 0.6) is 0 Å². The van der Waals surface area contributed by atoms with Gasteiger partial charge < -0.3 is 9.80 Å². The Morgan fingerprint density at radius 3 is 2.40 bits per heavy atom. The summed E-state index contributed by atoms with van der Waals surface area (Å²) in [7, 11) is -3.14. The molecule has 0 saturated carbocycles. The number of benzene rings is 1. The van der Waals surface area contributed by atoms with Gasteiger partial charge in [-0.3, -0.25) is 9.59 Å². The number of hydrogen-bond donors (Lipinski definition) is 0. The van der Waals surface area contributed by atoms with Gasteiger partial charge in [0.25, 0.3) is 0 Å².